The van der Waals surface area contributed by atoms with Crippen LogP contribution < -0.4 is 0 Å². The van der Waals surface area contributed by atoms with Gasteiger partial charge in [-0.3, -0.25) is 0 Å². The van der Waals surface area contributed by atoms with Gasteiger partial charge >= 0.3 is 10.2 Å². The van der Waals surface area contributed by atoms with Crippen LogP contribution >= 0.6 is 0 Å². The van der Waals surface area contributed by atoms with Crippen LogP contribution in [-0.2, 0) is 10.2 Å². The van der Waals surface area contributed by atoms with Crippen molar-refractivity contribution in [2.24, 2.45) is 0 Å². The average molecular weight is 297 g/mol. The Bertz CT molecular complexity index is 650. The first-order valence-electron chi connectivity index (χ1n) is 6.18. The van der Waals surface area contributed by atoms with Crippen molar-refractivity contribution >= 4 is 10.2 Å². The van der Waals surface area contributed by atoms with Crippen LogP contribution in [0.5, 0.6) is 0 Å². The number of aromatic nitrogens is 4. The molecule has 20 heavy (non-hydrogen) atoms. The predicted molar refractivity (Wildman–Crippen MR) is 77.3 cm³/mol. The topological polar surface area (TPSA) is 81.0 Å². The predicted octanol–water partition coefficient (Wildman–Crippen LogP) is 1.33. The first kappa shape index (κ1) is 16.3. The van der Waals surface area contributed by atoms with Crippen molar-refractivity contribution in [2.75, 3.05) is 14.1 Å². The number of nitrogens with zero attached hydrogens (tertiary/aromatic N) is 5. The second-order valence-corrected chi connectivity index (χ2v) is 5.92. The van der Waals surface area contributed by atoms with E-state index in [-0.39, 0.29) is 0 Å². The summed E-state index contributed by atoms with van der Waals surface area (Å²) in [7, 11) is -0.681. The lowest BCUT2D eigenvalue weighted by atomic mass is 10.2. The van der Waals surface area contributed by atoms with E-state index in [1.165, 1.54) is 26.6 Å². The molecule has 0 aliphatic carbocycles. The molecule has 0 atom stereocenters. The number of aryl methyl sites for hydroxylation is 1. The van der Waals surface area contributed by atoms with Crippen molar-refractivity contribution in [3.8, 4) is 11.4 Å². The highest BCUT2D eigenvalue weighted by atomic mass is 32.2. The van der Waals surface area contributed by atoms with E-state index in [2.05, 4.69) is 15.1 Å². The van der Waals surface area contributed by atoms with E-state index in [0.717, 1.165) is 14.0 Å². The number of rotatable bonds is 3. The second-order valence-electron chi connectivity index (χ2n) is 3.92. The Balaban J connectivity index is 0.000000956. The van der Waals surface area contributed by atoms with Crippen LogP contribution in [0, 0.1) is 6.92 Å². The fourth-order valence-electron chi connectivity index (χ4n) is 1.40. The Morgan fingerprint density at radius 1 is 1.25 bits per heavy atom. The Kier molecular flexibility index (Phi) is 5.34. The standard InChI is InChI=1S/C10H13N5O2S.C2H6/c1-8-6-15(18(16,17)14(2)3)13-10(8)9-4-5-11-7-12-9;1-2/h4-7H,1-3H3;1-2H3. The van der Waals surface area contributed by atoms with Crippen molar-refractivity contribution < 1.29 is 8.42 Å². The maximum atomic E-state index is 11.9. The molecule has 0 aliphatic rings. The molecule has 2 rings (SSSR count). The van der Waals surface area contributed by atoms with Gasteiger partial charge in [-0.2, -0.15) is 21.9 Å². The third kappa shape index (κ3) is 3.20. The lowest BCUT2D eigenvalue weighted by Gasteiger charge is -2.10. The molecule has 0 aliphatic heterocycles. The van der Waals surface area contributed by atoms with Crippen molar-refractivity contribution in [3.63, 3.8) is 0 Å². The van der Waals surface area contributed by atoms with Gasteiger partial charge in [-0.25, -0.2) is 9.97 Å². The van der Waals surface area contributed by atoms with Crippen molar-refractivity contribution in [2.45, 2.75) is 20.8 Å². The summed E-state index contributed by atoms with van der Waals surface area (Å²) in [6.45, 7) is 5.78. The van der Waals surface area contributed by atoms with Crippen molar-refractivity contribution in [1.82, 2.24) is 23.5 Å². The summed E-state index contributed by atoms with van der Waals surface area (Å²) >= 11 is 0. The van der Waals surface area contributed by atoms with Gasteiger partial charge in [-0.15, -0.1) is 0 Å². The Hall–Kier alpha value is -1.80. The summed E-state index contributed by atoms with van der Waals surface area (Å²) in [6, 6.07) is 1.68. The zero-order valence-corrected chi connectivity index (χ0v) is 13.1. The SMILES string of the molecule is CC.Cc1cn(S(=O)(=O)N(C)C)nc1-c1ccncn1. The molecule has 0 radical (unpaired) electrons. The van der Waals surface area contributed by atoms with E-state index >= 15 is 0 Å². The van der Waals surface area contributed by atoms with Crippen LogP contribution in [0.1, 0.15) is 19.4 Å². The van der Waals surface area contributed by atoms with Gasteiger partial charge in [-0.05, 0) is 18.6 Å². The van der Waals surface area contributed by atoms with Crippen LogP contribution in [0.3, 0.4) is 0 Å². The lowest BCUT2D eigenvalue weighted by Crippen LogP contribution is -2.29. The Morgan fingerprint density at radius 3 is 2.40 bits per heavy atom. The minimum absolute atomic E-state index is 0.530. The van der Waals surface area contributed by atoms with Gasteiger partial charge in [0.05, 0.1) is 5.69 Å². The van der Waals surface area contributed by atoms with Crippen LogP contribution in [0.4, 0.5) is 0 Å². The first-order chi connectivity index (χ1) is 9.43. The minimum Gasteiger partial charge on any atom is -0.245 e. The molecule has 0 fully saturated rings. The molecule has 2 aromatic heterocycles. The van der Waals surface area contributed by atoms with Crippen molar-refractivity contribution in [3.05, 3.63) is 30.4 Å². The molecule has 0 saturated heterocycles. The van der Waals surface area contributed by atoms with Gasteiger partial charge in [0, 0.05) is 26.5 Å². The Morgan fingerprint density at radius 2 is 1.90 bits per heavy atom. The van der Waals surface area contributed by atoms with E-state index < -0.39 is 10.2 Å². The second kappa shape index (κ2) is 6.58. The first-order valence-corrected chi connectivity index (χ1v) is 7.58. The Labute approximate surface area is 119 Å². The zero-order valence-electron chi connectivity index (χ0n) is 12.3. The van der Waals surface area contributed by atoms with Gasteiger partial charge in [0.1, 0.15) is 12.0 Å². The molecule has 0 spiro atoms. The van der Waals surface area contributed by atoms with E-state index in [1.807, 2.05) is 13.8 Å². The molecular formula is C12H19N5O2S. The smallest absolute Gasteiger partial charge is 0.245 e. The summed E-state index contributed by atoms with van der Waals surface area (Å²) in [6.07, 6.45) is 4.45. The van der Waals surface area contributed by atoms with Crippen LogP contribution in [-0.4, -0.2) is 46.0 Å². The lowest BCUT2D eigenvalue weighted by molar-refractivity contribution is 0.504. The number of hydrogen-bond acceptors (Lipinski definition) is 5. The highest BCUT2D eigenvalue weighted by Gasteiger charge is 2.20. The summed E-state index contributed by atoms with van der Waals surface area (Å²) in [5, 5.41) is 4.07. The molecule has 0 aromatic carbocycles. The molecular weight excluding hydrogens is 278 g/mol. The van der Waals surface area contributed by atoms with Crippen LogP contribution in [0.2, 0.25) is 0 Å². The summed E-state index contributed by atoms with van der Waals surface area (Å²) in [5.41, 5.74) is 1.86. The van der Waals surface area contributed by atoms with E-state index in [0.29, 0.717) is 11.4 Å². The van der Waals surface area contributed by atoms with Crippen LogP contribution in [0.25, 0.3) is 11.4 Å². The van der Waals surface area contributed by atoms with Crippen molar-refractivity contribution in [1.29, 1.82) is 0 Å². The molecule has 0 bridgehead atoms. The van der Waals surface area contributed by atoms with Gasteiger partial charge in [0.2, 0.25) is 0 Å². The molecule has 2 heterocycles. The molecule has 0 saturated carbocycles. The van der Waals surface area contributed by atoms with E-state index in [1.54, 1.807) is 19.2 Å². The van der Waals surface area contributed by atoms with Crippen LogP contribution in [0.15, 0.2) is 24.8 Å². The quantitative estimate of drug-likeness (QED) is 0.853. The van der Waals surface area contributed by atoms with Gasteiger partial charge in [-0.1, -0.05) is 13.8 Å². The highest BCUT2D eigenvalue weighted by Crippen LogP contribution is 2.19. The largest absolute Gasteiger partial charge is 0.322 e. The monoisotopic (exact) mass is 297 g/mol. The summed E-state index contributed by atoms with van der Waals surface area (Å²) < 4.78 is 25.9. The summed E-state index contributed by atoms with van der Waals surface area (Å²) in [5.74, 6) is 0. The molecule has 8 heteroatoms. The molecule has 110 valence electrons. The maximum Gasteiger partial charge on any atom is 0.322 e. The fourth-order valence-corrected chi connectivity index (χ4v) is 2.21. The minimum atomic E-state index is -3.59. The number of hydrogen-bond donors (Lipinski definition) is 0. The van der Waals surface area contributed by atoms with Gasteiger partial charge in [0.25, 0.3) is 0 Å². The normalized spacial score (nSPS) is 11.1. The van der Waals surface area contributed by atoms with Gasteiger partial charge in [0.15, 0.2) is 0 Å². The highest BCUT2D eigenvalue weighted by molar-refractivity contribution is 7.87. The molecule has 0 N–H and O–H groups in total. The molecule has 0 unspecified atom stereocenters. The van der Waals surface area contributed by atoms with Gasteiger partial charge < -0.3 is 0 Å². The van der Waals surface area contributed by atoms with E-state index in [9.17, 15) is 8.42 Å². The fraction of sp³-hybridized carbons (Fsp3) is 0.417. The summed E-state index contributed by atoms with van der Waals surface area (Å²) in [4.78, 5) is 7.87. The molecule has 7 nitrogen and oxygen atoms in total. The maximum absolute atomic E-state index is 11.9. The van der Waals surface area contributed by atoms with E-state index in [4.69, 9.17) is 0 Å². The third-order valence-corrected chi connectivity index (χ3v) is 3.98. The molecule has 0 amide bonds. The average Bonchev–Trinajstić information content (AvgIpc) is 2.84. The zero-order chi connectivity index (χ0) is 15.3. The third-order valence-electron chi connectivity index (χ3n) is 2.40. The molecule has 2 aromatic rings.